The number of methoxy groups -OCH3 is 1. The second-order valence-electron chi connectivity index (χ2n) is 6.45. The van der Waals surface area contributed by atoms with Gasteiger partial charge in [-0.1, -0.05) is 53.2 Å². The highest BCUT2D eigenvalue weighted by Crippen LogP contribution is 2.16. The largest absolute Gasteiger partial charge is 0.542 e. The highest BCUT2D eigenvalue weighted by atomic mass is 16.5. The fraction of sp³-hybridized carbons (Fsp3) is 0.167. The number of pyridine rings is 1. The number of hydrogen-bond acceptors (Lipinski definition) is 5. The molecular formula is C24H26N2O4. The number of hydrogen-bond donors (Lipinski definition) is 0. The predicted octanol–water partition coefficient (Wildman–Crippen LogP) is 2.17. The number of benzene rings is 2. The van der Waals surface area contributed by atoms with Crippen molar-refractivity contribution in [3.05, 3.63) is 102 Å². The zero-order chi connectivity index (χ0) is 21.8. The van der Waals surface area contributed by atoms with E-state index >= 15 is 0 Å². The maximum absolute atomic E-state index is 10.7. The van der Waals surface area contributed by atoms with Crippen molar-refractivity contribution in [2.45, 2.75) is 6.61 Å². The minimum absolute atomic E-state index is 0.215. The topological polar surface area (TPSA) is 65.7 Å². The third kappa shape index (κ3) is 7.67. The minimum Gasteiger partial charge on any atom is -0.542 e. The molecule has 3 aromatic rings. The maximum Gasteiger partial charge on any atom is 0.199 e. The van der Waals surface area contributed by atoms with Crippen molar-refractivity contribution in [1.82, 2.24) is 0 Å². The van der Waals surface area contributed by atoms with Gasteiger partial charge in [-0.3, -0.25) is 0 Å². The van der Waals surface area contributed by atoms with Gasteiger partial charge in [0.2, 0.25) is 0 Å². The van der Waals surface area contributed by atoms with Gasteiger partial charge < -0.3 is 19.4 Å². The fourth-order valence-corrected chi connectivity index (χ4v) is 2.41. The lowest BCUT2D eigenvalue weighted by Gasteiger charge is -2.08. The summed E-state index contributed by atoms with van der Waals surface area (Å²) in [4.78, 5) is 10.7. The van der Waals surface area contributed by atoms with Crippen LogP contribution in [0.1, 0.15) is 11.1 Å². The van der Waals surface area contributed by atoms with Crippen LogP contribution in [0.15, 0.2) is 90.9 Å². The second kappa shape index (κ2) is 11.9. The first kappa shape index (κ1) is 22.5. The number of carbonyl (C=O) groups excluding carboxylic acids is 1. The summed E-state index contributed by atoms with van der Waals surface area (Å²) in [6.07, 6.45) is 5.40. The monoisotopic (exact) mass is 406 g/mol. The summed E-state index contributed by atoms with van der Waals surface area (Å²) in [7, 11) is 5.29. The molecule has 0 aliphatic heterocycles. The third-order valence-electron chi connectivity index (χ3n) is 4.01. The Labute approximate surface area is 177 Å². The first-order chi connectivity index (χ1) is 14.5. The van der Waals surface area contributed by atoms with Gasteiger partial charge in [0.1, 0.15) is 24.1 Å². The molecule has 1 heterocycles. The van der Waals surface area contributed by atoms with Crippen LogP contribution in [-0.2, 0) is 16.1 Å². The highest BCUT2D eigenvalue weighted by molar-refractivity contribution is 5.88. The van der Waals surface area contributed by atoms with Gasteiger partial charge in [0.05, 0.1) is 21.2 Å². The van der Waals surface area contributed by atoms with E-state index in [1.165, 1.54) is 13.2 Å². The van der Waals surface area contributed by atoms with Crippen LogP contribution in [0.25, 0.3) is 6.08 Å². The van der Waals surface area contributed by atoms with Crippen LogP contribution in [0.4, 0.5) is 0 Å². The van der Waals surface area contributed by atoms with Crippen LogP contribution in [0.2, 0.25) is 0 Å². The van der Waals surface area contributed by atoms with E-state index in [1.54, 1.807) is 24.3 Å². The molecule has 30 heavy (non-hydrogen) atoms. The fourth-order valence-electron chi connectivity index (χ4n) is 2.41. The van der Waals surface area contributed by atoms with E-state index in [0.717, 1.165) is 5.56 Å². The molecule has 0 aliphatic carbocycles. The van der Waals surface area contributed by atoms with Crippen LogP contribution in [0, 0.1) is 0 Å². The molecule has 0 atom stereocenters. The summed E-state index contributed by atoms with van der Waals surface area (Å²) in [5, 5.41) is 12.7. The summed E-state index contributed by atoms with van der Waals surface area (Å²) in [5.41, 5.74) is 1.78. The Kier molecular flexibility index (Phi) is 8.93. The van der Waals surface area contributed by atoms with Crippen LogP contribution < -0.4 is 19.5 Å². The standard InChI is InChI=1S/C17H16O4.C7H11N2/c1-20-16(17(18)19)11-13-7-9-15(10-8-13)21-12-14-5-3-2-4-6-14;1-8(2)9-6-4-3-5-7-9/h2-11H,12H2,1H3,(H,18,19);3-7H,1-2H3/q;+1/p-1. The van der Waals surface area contributed by atoms with Gasteiger partial charge in [-0.2, -0.15) is 5.01 Å². The molecular weight excluding hydrogens is 380 g/mol. The van der Waals surface area contributed by atoms with Crippen molar-refractivity contribution in [2.75, 3.05) is 26.2 Å². The zero-order valence-corrected chi connectivity index (χ0v) is 17.4. The highest BCUT2D eigenvalue weighted by Gasteiger charge is 2.00. The van der Waals surface area contributed by atoms with Gasteiger partial charge in [0.25, 0.3) is 0 Å². The van der Waals surface area contributed by atoms with Crippen molar-refractivity contribution in [3.63, 3.8) is 0 Å². The second-order valence-corrected chi connectivity index (χ2v) is 6.45. The van der Waals surface area contributed by atoms with Crippen molar-refractivity contribution in [3.8, 4) is 5.75 Å². The Hall–Kier alpha value is -3.80. The lowest BCUT2D eigenvalue weighted by atomic mass is 10.2. The molecule has 0 N–H and O–H groups in total. The molecule has 0 saturated carbocycles. The molecule has 0 amide bonds. The molecule has 0 bridgehead atoms. The quantitative estimate of drug-likeness (QED) is 0.342. The Morgan fingerprint density at radius 2 is 1.57 bits per heavy atom. The Bertz CT molecular complexity index is 924. The van der Waals surface area contributed by atoms with Crippen LogP contribution in [-0.4, -0.2) is 27.2 Å². The summed E-state index contributed by atoms with van der Waals surface area (Å²) in [6.45, 7) is 0.485. The number of carboxylic acid groups (broad SMARTS) is 1. The molecule has 0 saturated heterocycles. The van der Waals surface area contributed by atoms with Crippen molar-refractivity contribution in [2.24, 2.45) is 0 Å². The lowest BCUT2D eigenvalue weighted by Crippen LogP contribution is -2.51. The van der Waals surface area contributed by atoms with Gasteiger partial charge in [-0.15, -0.1) is 0 Å². The van der Waals surface area contributed by atoms with Gasteiger partial charge in [0, 0.05) is 12.1 Å². The van der Waals surface area contributed by atoms with E-state index in [9.17, 15) is 9.90 Å². The van der Waals surface area contributed by atoms with Crippen molar-refractivity contribution in [1.29, 1.82) is 0 Å². The molecule has 6 heteroatoms. The molecule has 1 aromatic heterocycles. The van der Waals surface area contributed by atoms with Crippen LogP contribution in [0.5, 0.6) is 5.75 Å². The molecule has 156 valence electrons. The summed E-state index contributed by atoms with van der Waals surface area (Å²) in [6, 6.07) is 22.9. The molecule has 2 aromatic carbocycles. The normalized spacial score (nSPS) is 10.4. The Morgan fingerprint density at radius 1 is 0.967 bits per heavy atom. The molecule has 0 spiro atoms. The lowest BCUT2D eigenvalue weighted by molar-refractivity contribution is -0.687. The molecule has 3 rings (SSSR count). The Balaban J connectivity index is 0.000000297. The van der Waals surface area contributed by atoms with E-state index in [0.29, 0.717) is 17.9 Å². The summed E-state index contributed by atoms with van der Waals surface area (Å²) < 4.78 is 12.4. The SMILES string of the molecule is CN(C)[n+]1ccccc1.COC(=Cc1ccc(OCc2ccccc2)cc1)C(=O)[O-]. The molecule has 0 unspecified atom stereocenters. The van der Waals surface area contributed by atoms with Gasteiger partial charge in [-0.05, 0) is 29.3 Å². The molecule has 0 radical (unpaired) electrons. The first-order valence-corrected chi connectivity index (χ1v) is 9.37. The predicted molar refractivity (Wildman–Crippen MR) is 114 cm³/mol. The third-order valence-corrected chi connectivity index (χ3v) is 4.01. The average molecular weight is 406 g/mol. The smallest absolute Gasteiger partial charge is 0.199 e. The van der Waals surface area contributed by atoms with Crippen LogP contribution >= 0.6 is 0 Å². The van der Waals surface area contributed by atoms with E-state index < -0.39 is 5.97 Å². The number of carbonyl (C=O) groups is 1. The van der Waals surface area contributed by atoms with E-state index in [4.69, 9.17) is 9.47 Å². The van der Waals surface area contributed by atoms with Gasteiger partial charge in [0.15, 0.2) is 12.4 Å². The zero-order valence-electron chi connectivity index (χ0n) is 17.4. The van der Waals surface area contributed by atoms with E-state index in [-0.39, 0.29) is 5.76 Å². The molecule has 6 nitrogen and oxygen atoms in total. The van der Waals surface area contributed by atoms with Crippen LogP contribution in [0.3, 0.4) is 0 Å². The number of aliphatic carboxylic acids is 1. The summed E-state index contributed by atoms with van der Waals surface area (Å²) in [5.74, 6) is -0.849. The van der Waals surface area contributed by atoms with Gasteiger partial charge in [-0.25, -0.2) is 0 Å². The minimum atomic E-state index is -1.35. The average Bonchev–Trinajstić information content (AvgIpc) is 2.78. The number of carboxylic acids is 1. The number of rotatable bonds is 7. The van der Waals surface area contributed by atoms with E-state index in [1.807, 2.05) is 84.7 Å². The number of aromatic nitrogens is 1. The summed E-state index contributed by atoms with van der Waals surface area (Å²) >= 11 is 0. The number of ether oxygens (including phenoxy) is 2. The molecule has 0 fully saturated rings. The van der Waals surface area contributed by atoms with Gasteiger partial charge >= 0.3 is 0 Å². The van der Waals surface area contributed by atoms with E-state index in [2.05, 4.69) is 0 Å². The molecule has 0 aliphatic rings. The van der Waals surface area contributed by atoms with Crippen molar-refractivity contribution >= 4 is 12.0 Å². The first-order valence-electron chi connectivity index (χ1n) is 9.37. The maximum atomic E-state index is 10.7. The Morgan fingerprint density at radius 3 is 2.07 bits per heavy atom. The number of nitrogens with zero attached hydrogens (tertiary/aromatic N) is 2. The van der Waals surface area contributed by atoms with Crippen molar-refractivity contribution < 1.29 is 24.1 Å².